The summed E-state index contributed by atoms with van der Waals surface area (Å²) in [5.41, 5.74) is 1.01. The largest absolute Gasteiger partial charge is 0.335 e. The molecule has 3 aromatic rings. The highest BCUT2D eigenvalue weighted by Crippen LogP contribution is 2.22. The molecule has 0 aliphatic rings. The maximum atomic E-state index is 5.21. The van der Waals surface area contributed by atoms with Crippen molar-refractivity contribution in [3.8, 4) is 0 Å². The van der Waals surface area contributed by atoms with Crippen LogP contribution >= 0.6 is 11.3 Å². The van der Waals surface area contributed by atoms with Crippen molar-refractivity contribution in [3.05, 3.63) is 41.0 Å². The highest BCUT2D eigenvalue weighted by Gasteiger charge is 2.07. The SMILES string of the molecule is CNC(C)Cc1noc(/C=C/c2nc3ccccc3s2)n1. The summed E-state index contributed by atoms with van der Waals surface area (Å²) in [5, 5.41) is 8.04. The zero-order chi connectivity index (χ0) is 14.7. The average molecular weight is 300 g/mol. The van der Waals surface area contributed by atoms with Gasteiger partial charge in [0, 0.05) is 18.5 Å². The maximum Gasteiger partial charge on any atom is 0.250 e. The van der Waals surface area contributed by atoms with Crippen molar-refractivity contribution >= 4 is 33.7 Å². The number of hydrogen-bond acceptors (Lipinski definition) is 6. The summed E-state index contributed by atoms with van der Waals surface area (Å²) >= 11 is 1.64. The monoisotopic (exact) mass is 300 g/mol. The van der Waals surface area contributed by atoms with Gasteiger partial charge in [0.05, 0.1) is 10.2 Å². The Labute approximate surface area is 126 Å². The predicted octanol–water partition coefficient (Wildman–Crippen LogP) is 3.00. The number of fused-ring (bicyclic) bond motifs is 1. The van der Waals surface area contributed by atoms with Crippen LogP contribution in [0.1, 0.15) is 23.6 Å². The zero-order valence-corrected chi connectivity index (χ0v) is 12.7. The standard InChI is InChI=1S/C15H16N4OS/c1-10(16-2)9-13-18-14(20-19-13)7-8-15-17-11-5-3-4-6-12(11)21-15/h3-8,10,16H,9H2,1-2H3/b8-7+. The minimum absolute atomic E-state index is 0.323. The molecular formula is C15H16N4OS. The summed E-state index contributed by atoms with van der Waals surface area (Å²) in [4.78, 5) is 8.87. The molecule has 0 fully saturated rings. The summed E-state index contributed by atoms with van der Waals surface area (Å²) in [6.07, 6.45) is 4.46. The molecule has 2 aromatic heterocycles. The second kappa shape index (κ2) is 6.15. The van der Waals surface area contributed by atoms with Crippen molar-refractivity contribution in [2.45, 2.75) is 19.4 Å². The van der Waals surface area contributed by atoms with Crippen molar-refractivity contribution < 1.29 is 4.52 Å². The van der Waals surface area contributed by atoms with E-state index < -0.39 is 0 Å². The van der Waals surface area contributed by atoms with Gasteiger partial charge in [-0.2, -0.15) is 4.98 Å². The number of benzene rings is 1. The molecule has 0 aliphatic carbocycles. The van der Waals surface area contributed by atoms with Crippen LogP contribution in [0.4, 0.5) is 0 Å². The second-order valence-electron chi connectivity index (χ2n) is 4.80. The molecule has 1 N–H and O–H groups in total. The van der Waals surface area contributed by atoms with Crippen LogP contribution < -0.4 is 5.32 Å². The first-order chi connectivity index (χ1) is 10.2. The van der Waals surface area contributed by atoms with Gasteiger partial charge in [-0.3, -0.25) is 0 Å². The van der Waals surface area contributed by atoms with E-state index in [0.717, 1.165) is 16.9 Å². The molecule has 21 heavy (non-hydrogen) atoms. The lowest BCUT2D eigenvalue weighted by atomic mass is 10.2. The number of aromatic nitrogens is 3. The normalized spacial score (nSPS) is 13.2. The van der Waals surface area contributed by atoms with Gasteiger partial charge >= 0.3 is 0 Å². The van der Waals surface area contributed by atoms with Crippen LogP contribution in [-0.2, 0) is 6.42 Å². The summed E-state index contributed by atoms with van der Waals surface area (Å²) in [7, 11) is 1.92. The van der Waals surface area contributed by atoms with Crippen molar-refractivity contribution in [3.63, 3.8) is 0 Å². The highest BCUT2D eigenvalue weighted by atomic mass is 32.1. The summed E-state index contributed by atoms with van der Waals surface area (Å²) in [6.45, 7) is 2.08. The van der Waals surface area contributed by atoms with Crippen LogP contribution in [0.25, 0.3) is 22.4 Å². The van der Waals surface area contributed by atoms with E-state index in [9.17, 15) is 0 Å². The molecule has 108 valence electrons. The smallest absolute Gasteiger partial charge is 0.250 e. The quantitative estimate of drug-likeness (QED) is 0.784. The van der Waals surface area contributed by atoms with Crippen LogP contribution in [-0.4, -0.2) is 28.2 Å². The molecule has 2 heterocycles. The Morgan fingerprint density at radius 3 is 2.95 bits per heavy atom. The summed E-state index contributed by atoms with van der Waals surface area (Å²) < 4.78 is 6.38. The first-order valence-electron chi connectivity index (χ1n) is 6.78. The third-order valence-corrected chi connectivity index (χ3v) is 4.15. The van der Waals surface area contributed by atoms with Crippen LogP contribution in [0.5, 0.6) is 0 Å². The van der Waals surface area contributed by atoms with Gasteiger partial charge in [-0.1, -0.05) is 17.3 Å². The third kappa shape index (κ3) is 3.34. The molecular weight excluding hydrogens is 284 g/mol. The number of para-hydroxylation sites is 1. The fourth-order valence-electron chi connectivity index (χ4n) is 1.90. The fraction of sp³-hybridized carbons (Fsp3) is 0.267. The summed E-state index contributed by atoms with van der Waals surface area (Å²) in [5.74, 6) is 1.22. The summed E-state index contributed by atoms with van der Waals surface area (Å²) in [6, 6.07) is 8.40. The van der Waals surface area contributed by atoms with Gasteiger partial charge < -0.3 is 9.84 Å². The Kier molecular flexibility index (Phi) is 4.08. The lowest BCUT2D eigenvalue weighted by Gasteiger charge is -2.04. The fourth-order valence-corrected chi connectivity index (χ4v) is 2.77. The molecule has 6 heteroatoms. The van der Waals surface area contributed by atoms with Crippen molar-refractivity contribution in [1.82, 2.24) is 20.4 Å². The molecule has 0 aliphatic heterocycles. The molecule has 0 bridgehead atoms. The molecule has 1 unspecified atom stereocenters. The van der Waals surface area contributed by atoms with Gasteiger partial charge in [0.1, 0.15) is 5.01 Å². The van der Waals surface area contributed by atoms with Crippen LogP contribution in [0.15, 0.2) is 28.8 Å². The van der Waals surface area contributed by atoms with Crippen LogP contribution in [0.3, 0.4) is 0 Å². The number of rotatable bonds is 5. The topological polar surface area (TPSA) is 63.8 Å². The average Bonchev–Trinajstić information content (AvgIpc) is 3.10. The predicted molar refractivity (Wildman–Crippen MR) is 85.1 cm³/mol. The van der Waals surface area contributed by atoms with Crippen molar-refractivity contribution in [2.24, 2.45) is 0 Å². The van der Waals surface area contributed by atoms with E-state index in [4.69, 9.17) is 4.52 Å². The van der Waals surface area contributed by atoms with Crippen LogP contribution in [0, 0.1) is 0 Å². The number of nitrogens with one attached hydrogen (secondary N) is 1. The number of thiazole rings is 1. The van der Waals surface area contributed by atoms with Crippen molar-refractivity contribution in [2.75, 3.05) is 7.05 Å². The minimum Gasteiger partial charge on any atom is -0.335 e. The number of hydrogen-bond donors (Lipinski definition) is 1. The lowest BCUT2D eigenvalue weighted by molar-refractivity contribution is 0.400. The Hall–Kier alpha value is -2.05. The highest BCUT2D eigenvalue weighted by molar-refractivity contribution is 7.19. The molecule has 1 aromatic carbocycles. The maximum absolute atomic E-state index is 5.21. The van der Waals surface area contributed by atoms with Crippen LogP contribution in [0.2, 0.25) is 0 Å². The zero-order valence-electron chi connectivity index (χ0n) is 11.9. The van der Waals surface area contributed by atoms with Gasteiger partial charge in [-0.05, 0) is 32.2 Å². The van der Waals surface area contributed by atoms with E-state index in [-0.39, 0.29) is 0 Å². The molecule has 0 radical (unpaired) electrons. The van der Waals surface area contributed by atoms with Gasteiger partial charge in [0.2, 0.25) is 0 Å². The van der Waals surface area contributed by atoms with Gasteiger partial charge in [0.15, 0.2) is 5.82 Å². The Morgan fingerprint density at radius 1 is 1.29 bits per heavy atom. The molecule has 3 rings (SSSR count). The number of likely N-dealkylation sites (N-methyl/N-ethyl adjacent to an activating group) is 1. The Morgan fingerprint density at radius 2 is 2.14 bits per heavy atom. The van der Waals surface area contributed by atoms with Gasteiger partial charge in [-0.15, -0.1) is 11.3 Å². The molecule has 0 spiro atoms. The van der Waals surface area contributed by atoms with E-state index in [1.807, 2.05) is 31.3 Å². The van der Waals surface area contributed by atoms with E-state index in [0.29, 0.717) is 17.8 Å². The second-order valence-corrected chi connectivity index (χ2v) is 5.86. The van der Waals surface area contributed by atoms with E-state index in [1.165, 1.54) is 4.70 Å². The Bertz CT molecular complexity index is 729. The van der Waals surface area contributed by atoms with E-state index in [2.05, 4.69) is 33.4 Å². The first kappa shape index (κ1) is 13.9. The van der Waals surface area contributed by atoms with Gasteiger partial charge in [0.25, 0.3) is 5.89 Å². The van der Waals surface area contributed by atoms with E-state index in [1.54, 1.807) is 17.4 Å². The van der Waals surface area contributed by atoms with E-state index >= 15 is 0 Å². The molecule has 1 atom stereocenters. The van der Waals surface area contributed by atoms with Gasteiger partial charge in [-0.25, -0.2) is 4.98 Å². The molecule has 0 amide bonds. The minimum atomic E-state index is 0.323. The Balaban J connectivity index is 1.73. The number of nitrogens with zero attached hydrogens (tertiary/aromatic N) is 3. The molecule has 0 saturated heterocycles. The molecule has 0 saturated carbocycles. The third-order valence-electron chi connectivity index (χ3n) is 3.14. The lowest BCUT2D eigenvalue weighted by Crippen LogP contribution is -2.24. The van der Waals surface area contributed by atoms with Crippen molar-refractivity contribution in [1.29, 1.82) is 0 Å². The molecule has 5 nitrogen and oxygen atoms in total. The first-order valence-corrected chi connectivity index (χ1v) is 7.60.